The number of hydrogen-bond acceptors (Lipinski definition) is 2. The van der Waals surface area contributed by atoms with E-state index in [1.54, 1.807) is 16.8 Å². The third kappa shape index (κ3) is 2.47. The zero-order chi connectivity index (χ0) is 8.97. The first kappa shape index (κ1) is 8.94. The Hall–Kier alpha value is -1.15. The molecule has 0 spiro atoms. The van der Waals surface area contributed by atoms with Crippen molar-refractivity contribution in [2.24, 2.45) is 0 Å². The minimum absolute atomic E-state index is 0.987. The van der Waals surface area contributed by atoms with Crippen molar-refractivity contribution in [2.75, 3.05) is 0 Å². The highest BCUT2D eigenvalue weighted by Gasteiger charge is 1.94. The molecule has 0 aromatic carbocycles. The Kier molecular flexibility index (Phi) is 3.00. The molecule has 1 rings (SSSR count). The molecule has 0 saturated carbocycles. The van der Waals surface area contributed by atoms with Crippen LogP contribution in [0, 0.1) is 0 Å². The molecule has 0 bridgehead atoms. The summed E-state index contributed by atoms with van der Waals surface area (Å²) in [6.07, 6.45) is 5.72. The molecule has 0 aliphatic carbocycles. The van der Waals surface area contributed by atoms with Gasteiger partial charge in [0, 0.05) is 6.20 Å². The monoisotopic (exact) mass is 177 g/mol. The van der Waals surface area contributed by atoms with Crippen molar-refractivity contribution in [3.05, 3.63) is 47.5 Å². The SMILES string of the molecule is C=C(C)/C=C\C(=C)c1cncs1. The second-order valence-electron chi connectivity index (χ2n) is 2.57. The Bertz CT molecular complexity index is 307. The molecule has 1 aromatic heterocycles. The summed E-state index contributed by atoms with van der Waals surface area (Å²) in [5, 5.41) is 0. The molecule has 0 unspecified atom stereocenters. The van der Waals surface area contributed by atoms with E-state index in [0.29, 0.717) is 0 Å². The van der Waals surface area contributed by atoms with Gasteiger partial charge in [-0.15, -0.1) is 11.3 Å². The molecule has 0 fully saturated rings. The molecule has 0 aliphatic heterocycles. The largest absolute Gasteiger partial charge is 0.252 e. The maximum atomic E-state index is 3.97. The maximum Gasteiger partial charge on any atom is 0.0797 e. The quantitative estimate of drug-likeness (QED) is 0.646. The summed E-state index contributed by atoms with van der Waals surface area (Å²) in [5.74, 6) is 0. The van der Waals surface area contributed by atoms with Gasteiger partial charge in [0.25, 0.3) is 0 Å². The molecule has 2 heteroatoms. The Morgan fingerprint density at radius 2 is 2.25 bits per heavy atom. The van der Waals surface area contributed by atoms with E-state index in [2.05, 4.69) is 18.1 Å². The average Bonchev–Trinajstić information content (AvgIpc) is 2.51. The van der Waals surface area contributed by atoms with E-state index >= 15 is 0 Å². The zero-order valence-electron chi connectivity index (χ0n) is 7.08. The number of aromatic nitrogens is 1. The average molecular weight is 177 g/mol. The summed E-state index contributed by atoms with van der Waals surface area (Å²) in [6, 6.07) is 0. The summed E-state index contributed by atoms with van der Waals surface area (Å²) in [6.45, 7) is 9.63. The summed E-state index contributed by atoms with van der Waals surface area (Å²) >= 11 is 1.59. The van der Waals surface area contributed by atoms with E-state index in [1.807, 2.05) is 25.3 Å². The molecule has 0 radical (unpaired) electrons. The maximum absolute atomic E-state index is 3.97. The Morgan fingerprint density at radius 1 is 1.50 bits per heavy atom. The van der Waals surface area contributed by atoms with Crippen molar-refractivity contribution in [2.45, 2.75) is 6.92 Å². The van der Waals surface area contributed by atoms with Crippen molar-refractivity contribution < 1.29 is 0 Å². The van der Waals surface area contributed by atoms with Crippen LogP contribution in [-0.4, -0.2) is 4.98 Å². The van der Waals surface area contributed by atoms with E-state index < -0.39 is 0 Å². The lowest BCUT2D eigenvalue weighted by atomic mass is 10.2. The van der Waals surface area contributed by atoms with Crippen molar-refractivity contribution in [1.82, 2.24) is 4.98 Å². The van der Waals surface area contributed by atoms with Crippen molar-refractivity contribution in [3.8, 4) is 0 Å². The van der Waals surface area contributed by atoms with Crippen molar-refractivity contribution in [3.63, 3.8) is 0 Å². The first-order valence-electron chi connectivity index (χ1n) is 3.61. The first-order valence-corrected chi connectivity index (χ1v) is 4.49. The van der Waals surface area contributed by atoms with Crippen LogP contribution in [0.5, 0.6) is 0 Å². The summed E-state index contributed by atoms with van der Waals surface area (Å²) in [7, 11) is 0. The Balaban J connectivity index is 2.68. The molecule has 0 aliphatic rings. The highest BCUT2D eigenvalue weighted by Crippen LogP contribution is 2.17. The summed E-state index contributed by atoms with van der Waals surface area (Å²) in [5.41, 5.74) is 3.82. The molecule has 0 amide bonds. The molecule has 62 valence electrons. The molecule has 1 nitrogen and oxygen atoms in total. The van der Waals surface area contributed by atoms with Crippen LogP contribution in [0.2, 0.25) is 0 Å². The smallest absolute Gasteiger partial charge is 0.0797 e. The van der Waals surface area contributed by atoms with Crippen LogP contribution in [0.4, 0.5) is 0 Å². The minimum Gasteiger partial charge on any atom is -0.252 e. The second kappa shape index (κ2) is 4.02. The predicted octanol–water partition coefficient (Wildman–Crippen LogP) is 3.29. The third-order valence-electron chi connectivity index (χ3n) is 1.32. The summed E-state index contributed by atoms with van der Waals surface area (Å²) in [4.78, 5) is 5.08. The predicted molar refractivity (Wildman–Crippen MR) is 55.1 cm³/mol. The number of thiazole rings is 1. The van der Waals surface area contributed by atoms with Gasteiger partial charge in [0.15, 0.2) is 0 Å². The molecule has 1 aromatic rings. The Morgan fingerprint density at radius 3 is 2.75 bits per heavy atom. The van der Waals surface area contributed by atoms with Gasteiger partial charge in [-0.25, -0.2) is 0 Å². The van der Waals surface area contributed by atoms with Crippen molar-refractivity contribution >= 4 is 16.9 Å². The van der Waals surface area contributed by atoms with E-state index in [-0.39, 0.29) is 0 Å². The van der Waals surface area contributed by atoms with Crippen LogP contribution in [-0.2, 0) is 0 Å². The second-order valence-corrected chi connectivity index (χ2v) is 3.46. The van der Waals surface area contributed by atoms with E-state index in [9.17, 15) is 0 Å². The third-order valence-corrected chi connectivity index (χ3v) is 2.17. The van der Waals surface area contributed by atoms with E-state index in [4.69, 9.17) is 0 Å². The van der Waals surface area contributed by atoms with Crippen LogP contribution < -0.4 is 0 Å². The van der Waals surface area contributed by atoms with Crippen LogP contribution >= 0.6 is 11.3 Å². The number of allylic oxidation sites excluding steroid dienone is 4. The van der Waals surface area contributed by atoms with Gasteiger partial charge in [-0.3, -0.25) is 4.98 Å². The van der Waals surface area contributed by atoms with Gasteiger partial charge < -0.3 is 0 Å². The molecular weight excluding hydrogens is 166 g/mol. The van der Waals surface area contributed by atoms with Crippen LogP contribution in [0.15, 0.2) is 42.6 Å². The van der Waals surface area contributed by atoms with Crippen LogP contribution in [0.25, 0.3) is 5.57 Å². The lowest BCUT2D eigenvalue weighted by Crippen LogP contribution is -1.70. The van der Waals surface area contributed by atoms with Gasteiger partial charge in [0.1, 0.15) is 0 Å². The molecule has 0 N–H and O–H groups in total. The van der Waals surface area contributed by atoms with Crippen LogP contribution in [0.1, 0.15) is 11.8 Å². The molecule has 0 atom stereocenters. The first-order chi connectivity index (χ1) is 5.70. The zero-order valence-corrected chi connectivity index (χ0v) is 7.90. The van der Waals surface area contributed by atoms with Crippen LogP contribution in [0.3, 0.4) is 0 Å². The fraction of sp³-hybridized carbons (Fsp3) is 0.100. The highest BCUT2D eigenvalue weighted by molar-refractivity contribution is 7.10. The van der Waals surface area contributed by atoms with Gasteiger partial charge in [-0.05, 0) is 12.5 Å². The van der Waals surface area contributed by atoms with E-state index in [0.717, 1.165) is 16.0 Å². The summed E-state index contributed by atoms with van der Waals surface area (Å²) < 4.78 is 0. The van der Waals surface area contributed by atoms with Gasteiger partial charge in [0.2, 0.25) is 0 Å². The van der Waals surface area contributed by atoms with Gasteiger partial charge in [-0.2, -0.15) is 0 Å². The minimum atomic E-state index is 0.987. The van der Waals surface area contributed by atoms with Crippen molar-refractivity contribution in [1.29, 1.82) is 0 Å². The molecular formula is C10H11NS. The topological polar surface area (TPSA) is 12.9 Å². The van der Waals surface area contributed by atoms with Gasteiger partial charge in [0.05, 0.1) is 10.4 Å². The van der Waals surface area contributed by atoms with Gasteiger partial charge >= 0.3 is 0 Å². The number of hydrogen-bond donors (Lipinski definition) is 0. The standard InChI is InChI=1S/C10H11NS/c1-8(2)4-5-9(3)10-6-11-7-12-10/h4-7H,1,3H2,2H3/b5-4-. The number of nitrogens with zero attached hydrogens (tertiary/aromatic N) is 1. The lowest BCUT2D eigenvalue weighted by Gasteiger charge is -1.92. The lowest BCUT2D eigenvalue weighted by molar-refractivity contribution is 1.42. The highest BCUT2D eigenvalue weighted by atomic mass is 32.1. The fourth-order valence-electron chi connectivity index (χ4n) is 0.699. The van der Waals surface area contributed by atoms with E-state index in [1.165, 1.54) is 0 Å². The Labute approximate surface area is 76.8 Å². The normalized spacial score (nSPS) is 10.4. The fourth-order valence-corrected chi connectivity index (χ4v) is 1.28. The molecule has 1 heterocycles. The molecule has 12 heavy (non-hydrogen) atoms. The number of rotatable bonds is 3. The molecule has 0 saturated heterocycles. The van der Waals surface area contributed by atoms with Gasteiger partial charge in [-0.1, -0.05) is 30.9 Å².